The zero-order valence-corrected chi connectivity index (χ0v) is 10.2. The summed E-state index contributed by atoms with van der Waals surface area (Å²) in [6, 6.07) is 0. The van der Waals surface area contributed by atoms with E-state index in [1.807, 2.05) is 0 Å². The van der Waals surface area contributed by atoms with E-state index < -0.39 is 10.2 Å². The number of hydrogen-bond donors (Lipinski definition) is 0. The maximum absolute atomic E-state index is 11.8. The van der Waals surface area contributed by atoms with Crippen molar-refractivity contribution >= 4 is 10.2 Å². The molecule has 1 heterocycles. The van der Waals surface area contributed by atoms with Crippen molar-refractivity contribution in [1.29, 1.82) is 0 Å². The third-order valence-electron chi connectivity index (χ3n) is 2.62. The second-order valence-corrected chi connectivity index (χ2v) is 6.70. The van der Waals surface area contributed by atoms with Gasteiger partial charge in [-0.3, -0.25) is 0 Å². The van der Waals surface area contributed by atoms with Gasteiger partial charge in [0.2, 0.25) is 0 Å². The highest BCUT2D eigenvalue weighted by molar-refractivity contribution is 7.86. The van der Waals surface area contributed by atoms with Gasteiger partial charge in [0.05, 0.1) is 0 Å². The fraction of sp³-hybridized carbons (Fsp3) is 1.00. The Balaban J connectivity index is 2.78. The first-order chi connectivity index (χ1) is 6.34. The average molecular weight is 220 g/mol. The molecule has 1 rings (SSSR count). The second-order valence-electron chi connectivity index (χ2n) is 4.55. The lowest BCUT2D eigenvalue weighted by Gasteiger charge is -2.35. The van der Waals surface area contributed by atoms with Crippen LogP contribution in [0.5, 0.6) is 0 Å². The van der Waals surface area contributed by atoms with Crippen molar-refractivity contribution in [2.45, 2.75) is 20.3 Å². The van der Waals surface area contributed by atoms with Crippen LogP contribution in [0.3, 0.4) is 0 Å². The van der Waals surface area contributed by atoms with E-state index in [2.05, 4.69) is 13.8 Å². The van der Waals surface area contributed by atoms with Crippen LogP contribution in [-0.2, 0) is 10.2 Å². The van der Waals surface area contributed by atoms with Crippen LogP contribution in [-0.4, -0.2) is 44.2 Å². The Morgan fingerprint density at radius 2 is 1.57 bits per heavy atom. The van der Waals surface area contributed by atoms with Crippen LogP contribution in [0, 0.1) is 11.8 Å². The van der Waals surface area contributed by atoms with Gasteiger partial charge in [-0.2, -0.15) is 17.0 Å². The summed E-state index contributed by atoms with van der Waals surface area (Å²) in [5.74, 6) is 0.932. The Hall–Kier alpha value is -0.130. The highest BCUT2D eigenvalue weighted by Gasteiger charge is 2.31. The Kier molecular flexibility index (Phi) is 3.55. The normalized spacial score (nSPS) is 30.9. The molecule has 0 aromatic carbocycles. The van der Waals surface area contributed by atoms with E-state index in [9.17, 15) is 8.42 Å². The number of hydrogen-bond acceptors (Lipinski definition) is 2. The van der Waals surface area contributed by atoms with Gasteiger partial charge in [-0.15, -0.1) is 0 Å². The van der Waals surface area contributed by atoms with Crippen LogP contribution in [0.2, 0.25) is 0 Å². The first kappa shape index (κ1) is 11.9. The number of rotatable bonds is 2. The van der Waals surface area contributed by atoms with E-state index in [4.69, 9.17) is 0 Å². The predicted molar refractivity (Wildman–Crippen MR) is 57.1 cm³/mol. The zero-order valence-electron chi connectivity index (χ0n) is 9.40. The molecular formula is C9H20N2O2S. The maximum atomic E-state index is 11.8. The molecule has 0 aromatic rings. The molecule has 1 fully saturated rings. The third-order valence-corrected chi connectivity index (χ3v) is 4.50. The molecule has 0 bridgehead atoms. The molecular weight excluding hydrogens is 200 g/mol. The van der Waals surface area contributed by atoms with Crippen LogP contribution >= 0.6 is 0 Å². The minimum atomic E-state index is -3.20. The lowest BCUT2D eigenvalue weighted by atomic mass is 9.94. The molecule has 0 N–H and O–H groups in total. The standard InChI is InChI=1S/C9H20N2O2S/c1-8-5-9(2)7-11(6-8)14(12,13)10(3)4/h8-9H,5-7H2,1-4H3/t8-,9-/m1/s1. The van der Waals surface area contributed by atoms with E-state index in [0.29, 0.717) is 24.9 Å². The smallest absolute Gasteiger partial charge is 0.195 e. The number of nitrogens with zero attached hydrogens (tertiary/aromatic N) is 2. The Bertz CT molecular complexity index is 277. The topological polar surface area (TPSA) is 40.6 Å². The molecule has 2 atom stereocenters. The van der Waals surface area contributed by atoms with Gasteiger partial charge in [-0.1, -0.05) is 13.8 Å². The second kappa shape index (κ2) is 4.16. The molecule has 4 nitrogen and oxygen atoms in total. The molecule has 1 aliphatic rings. The number of piperidine rings is 1. The predicted octanol–water partition coefficient (Wildman–Crippen LogP) is 0.771. The summed E-state index contributed by atoms with van der Waals surface area (Å²) in [6.45, 7) is 5.53. The molecule has 84 valence electrons. The van der Waals surface area contributed by atoms with Gasteiger partial charge in [-0.05, 0) is 18.3 Å². The molecule has 1 saturated heterocycles. The first-order valence-electron chi connectivity index (χ1n) is 5.01. The Morgan fingerprint density at radius 3 is 1.93 bits per heavy atom. The largest absolute Gasteiger partial charge is 0.281 e. The summed E-state index contributed by atoms with van der Waals surface area (Å²) in [4.78, 5) is 0. The highest BCUT2D eigenvalue weighted by atomic mass is 32.2. The zero-order chi connectivity index (χ0) is 10.9. The first-order valence-corrected chi connectivity index (χ1v) is 6.41. The van der Waals surface area contributed by atoms with Gasteiger partial charge >= 0.3 is 0 Å². The van der Waals surface area contributed by atoms with Crippen LogP contribution in [0.15, 0.2) is 0 Å². The van der Waals surface area contributed by atoms with Crippen LogP contribution < -0.4 is 0 Å². The molecule has 5 heteroatoms. The third kappa shape index (κ3) is 2.46. The minimum absolute atomic E-state index is 0.466. The van der Waals surface area contributed by atoms with Crippen molar-refractivity contribution < 1.29 is 8.42 Å². The summed E-state index contributed by atoms with van der Waals surface area (Å²) in [5, 5.41) is 0. The molecule has 0 aliphatic carbocycles. The van der Waals surface area contributed by atoms with Gasteiger partial charge in [0.1, 0.15) is 0 Å². The van der Waals surface area contributed by atoms with Crippen LogP contribution in [0.25, 0.3) is 0 Å². The quantitative estimate of drug-likeness (QED) is 0.689. The molecule has 0 amide bonds. The lowest BCUT2D eigenvalue weighted by Crippen LogP contribution is -2.47. The summed E-state index contributed by atoms with van der Waals surface area (Å²) in [6.07, 6.45) is 1.12. The SMILES string of the molecule is C[C@@H]1C[C@@H](C)CN(S(=O)(=O)N(C)C)C1. The van der Waals surface area contributed by atoms with Crippen molar-refractivity contribution in [3.8, 4) is 0 Å². The molecule has 0 radical (unpaired) electrons. The van der Waals surface area contributed by atoms with E-state index in [-0.39, 0.29) is 0 Å². The fourth-order valence-corrected chi connectivity index (χ4v) is 3.37. The maximum Gasteiger partial charge on any atom is 0.281 e. The Labute approximate surface area is 87.1 Å². The monoisotopic (exact) mass is 220 g/mol. The van der Waals surface area contributed by atoms with Gasteiger partial charge in [-0.25, -0.2) is 0 Å². The van der Waals surface area contributed by atoms with E-state index in [0.717, 1.165) is 6.42 Å². The van der Waals surface area contributed by atoms with Crippen molar-refractivity contribution in [1.82, 2.24) is 8.61 Å². The minimum Gasteiger partial charge on any atom is -0.195 e. The lowest BCUT2D eigenvalue weighted by molar-refractivity contribution is 0.214. The Morgan fingerprint density at radius 1 is 1.14 bits per heavy atom. The molecule has 0 aromatic heterocycles. The van der Waals surface area contributed by atoms with Crippen LogP contribution in [0.4, 0.5) is 0 Å². The molecule has 1 aliphatic heterocycles. The van der Waals surface area contributed by atoms with Crippen molar-refractivity contribution in [3.05, 3.63) is 0 Å². The summed E-state index contributed by atoms with van der Waals surface area (Å²) in [7, 11) is -0.0339. The van der Waals surface area contributed by atoms with Gasteiger partial charge in [0.15, 0.2) is 0 Å². The molecule has 14 heavy (non-hydrogen) atoms. The fourth-order valence-electron chi connectivity index (χ4n) is 2.03. The van der Waals surface area contributed by atoms with E-state index in [1.54, 1.807) is 18.4 Å². The van der Waals surface area contributed by atoms with Gasteiger partial charge in [0.25, 0.3) is 10.2 Å². The molecule has 0 spiro atoms. The van der Waals surface area contributed by atoms with Gasteiger partial charge in [0, 0.05) is 27.2 Å². The summed E-state index contributed by atoms with van der Waals surface area (Å²) >= 11 is 0. The van der Waals surface area contributed by atoms with Crippen LogP contribution in [0.1, 0.15) is 20.3 Å². The molecule has 0 unspecified atom stereocenters. The summed E-state index contributed by atoms with van der Waals surface area (Å²) in [5.41, 5.74) is 0. The average Bonchev–Trinajstić information content (AvgIpc) is 2.01. The van der Waals surface area contributed by atoms with Crippen molar-refractivity contribution in [2.75, 3.05) is 27.2 Å². The van der Waals surface area contributed by atoms with E-state index in [1.165, 1.54) is 4.31 Å². The highest BCUT2D eigenvalue weighted by Crippen LogP contribution is 2.23. The van der Waals surface area contributed by atoms with Crippen molar-refractivity contribution in [2.24, 2.45) is 11.8 Å². The van der Waals surface area contributed by atoms with Gasteiger partial charge < -0.3 is 0 Å². The summed E-state index contributed by atoms with van der Waals surface area (Å²) < 4.78 is 26.5. The van der Waals surface area contributed by atoms with E-state index >= 15 is 0 Å². The van der Waals surface area contributed by atoms with Crippen molar-refractivity contribution in [3.63, 3.8) is 0 Å². The molecule has 0 saturated carbocycles.